The van der Waals surface area contributed by atoms with E-state index in [1.54, 1.807) is 11.8 Å². The van der Waals surface area contributed by atoms with Crippen LogP contribution in [0, 0.1) is 6.92 Å². The van der Waals surface area contributed by atoms with E-state index in [4.69, 9.17) is 0 Å². The number of hydrogen-bond donors (Lipinski definition) is 1. The topological polar surface area (TPSA) is 69.3 Å². The summed E-state index contributed by atoms with van der Waals surface area (Å²) in [7, 11) is 0. The summed E-state index contributed by atoms with van der Waals surface area (Å²) >= 11 is 0. The fraction of sp³-hybridized carbons (Fsp3) is 0.583. The maximum atomic E-state index is 12.2. The first-order valence-electron chi connectivity index (χ1n) is 6.19. The third kappa shape index (κ3) is 2.59. The Balaban J connectivity index is 2.10. The number of likely N-dealkylation sites (N-methyl/N-ethyl adjacent to an activating group) is 1. The zero-order chi connectivity index (χ0) is 13.1. The molecular weight excluding hydrogens is 232 g/mol. The van der Waals surface area contributed by atoms with E-state index in [9.17, 15) is 9.59 Å². The normalized spacial score (nSPS) is 16.9. The Kier molecular flexibility index (Phi) is 3.76. The van der Waals surface area contributed by atoms with Gasteiger partial charge in [-0.25, -0.2) is 4.98 Å². The quantitative estimate of drug-likeness (QED) is 0.793. The number of nitrogens with zero attached hydrogens (tertiary/aromatic N) is 3. The van der Waals surface area contributed by atoms with E-state index in [1.807, 2.05) is 0 Å². The molecule has 6 nitrogen and oxygen atoms in total. The lowest BCUT2D eigenvalue weighted by Crippen LogP contribution is -2.49. The highest BCUT2D eigenvalue weighted by atomic mass is 16.2. The average molecular weight is 250 g/mol. The molecule has 1 aromatic rings. The largest absolute Gasteiger partial charge is 0.336 e. The number of H-pyrrole nitrogens is 1. The van der Waals surface area contributed by atoms with Crippen LogP contribution in [-0.2, 0) is 0 Å². The molecule has 0 bridgehead atoms. The van der Waals surface area contributed by atoms with Gasteiger partial charge in [-0.1, -0.05) is 6.92 Å². The van der Waals surface area contributed by atoms with Gasteiger partial charge in [-0.05, 0) is 13.5 Å². The first-order chi connectivity index (χ1) is 8.61. The van der Waals surface area contributed by atoms with Gasteiger partial charge in [0.1, 0.15) is 11.4 Å². The first kappa shape index (κ1) is 12.8. The number of carbonyl (C=O) groups excluding carboxylic acids is 1. The van der Waals surface area contributed by atoms with Crippen molar-refractivity contribution in [1.82, 2.24) is 19.8 Å². The Morgan fingerprint density at radius 1 is 1.39 bits per heavy atom. The van der Waals surface area contributed by atoms with Crippen LogP contribution >= 0.6 is 0 Å². The lowest BCUT2D eigenvalue weighted by Gasteiger charge is -2.33. The number of aromatic amines is 1. The molecular formula is C12H18N4O2. The highest BCUT2D eigenvalue weighted by Gasteiger charge is 2.23. The summed E-state index contributed by atoms with van der Waals surface area (Å²) in [6.07, 6.45) is 1.36. The summed E-state index contributed by atoms with van der Waals surface area (Å²) in [5.41, 5.74) is -0.226. The van der Waals surface area contributed by atoms with Crippen molar-refractivity contribution < 1.29 is 4.79 Å². The van der Waals surface area contributed by atoms with Crippen molar-refractivity contribution in [1.29, 1.82) is 0 Å². The zero-order valence-corrected chi connectivity index (χ0v) is 10.8. The van der Waals surface area contributed by atoms with Crippen LogP contribution in [0.5, 0.6) is 0 Å². The van der Waals surface area contributed by atoms with Crippen LogP contribution in [0.15, 0.2) is 11.0 Å². The number of hydrogen-bond acceptors (Lipinski definition) is 4. The molecule has 98 valence electrons. The smallest absolute Gasteiger partial charge is 0.263 e. The van der Waals surface area contributed by atoms with Crippen LogP contribution in [0.4, 0.5) is 0 Å². The number of aromatic nitrogens is 2. The maximum absolute atomic E-state index is 12.2. The second-order valence-electron chi connectivity index (χ2n) is 4.44. The van der Waals surface area contributed by atoms with E-state index in [0.717, 1.165) is 19.6 Å². The standard InChI is InChI=1S/C12H18N4O2/c1-3-15-4-6-16(7-5-15)12(18)10-8-13-9(2)14-11(10)17/h8H,3-7H2,1-2H3,(H,13,14,17). The Morgan fingerprint density at radius 3 is 2.61 bits per heavy atom. The van der Waals surface area contributed by atoms with Crippen LogP contribution in [-0.4, -0.2) is 58.4 Å². The molecule has 0 saturated carbocycles. The Bertz CT molecular complexity index is 489. The molecule has 18 heavy (non-hydrogen) atoms. The monoisotopic (exact) mass is 250 g/mol. The fourth-order valence-corrected chi connectivity index (χ4v) is 2.07. The average Bonchev–Trinajstić information content (AvgIpc) is 2.38. The predicted molar refractivity (Wildman–Crippen MR) is 67.6 cm³/mol. The molecule has 1 aliphatic rings. The molecule has 0 spiro atoms. The second kappa shape index (κ2) is 5.30. The van der Waals surface area contributed by atoms with E-state index in [2.05, 4.69) is 21.8 Å². The summed E-state index contributed by atoms with van der Waals surface area (Å²) in [5, 5.41) is 0. The number of amides is 1. The van der Waals surface area contributed by atoms with Gasteiger partial charge < -0.3 is 14.8 Å². The van der Waals surface area contributed by atoms with Gasteiger partial charge in [0.05, 0.1) is 0 Å². The highest BCUT2D eigenvalue weighted by molar-refractivity contribution is 5.93. The van der Waals surface area contributed by atoms with Crippen LogP contribution in [0.3, 0.4) is 0 Å². The van der Waals surface area contributed by atoms with Gasteiger partial charge in [-0.3, -0.25) is 9.59 Å². The van der Waals surface area contributed by atoms with Gasteiger partial charge in [-0.2, -0.15) is 0 Å². The fourth-order valence-electron chi connectivity index (χ4n) is 2.07. The molecule has 2 heterocycles. The lowest BCUT2D eigenvalue weighted by atomic mass is 10.2. The van der Waals surface area contributed by atoms with Gasteiger partial charge in [0, 0.05) is 32.4 Å². The molecule has 2 rings (SSSR count). The minimum Gasteiger partial charge on any atom is -0.336 e. The van der Waals surface area contributed by atoms with Crippen molar-refractivity contribution in [2.45, 2.75) is 13.8 Å². The number of carbonyl (C=O) groups is 1. The highest BCUT2D eigenvalue weighted by Crippen LogP contribution is 2.05. The number of nitrogens with one attached hydrogen (secondary N) is 1. The molecule has 1 aromatic heterocycles. The minimum atomic E-state index is -0.356. The van der Waals surface area contributed by atoms with E-state index < -0.39 is 0 Å². The minimum absolute atomic E-state index is 0.130. The summed E-state index contributed by atoms with van der Waals surface area (Å²) in [5.74, 6) is 0.298. The summed E-state index contributed by atoms with van der Waals surface area (Å²) in [4.78, 5) is 34.4. The van der Waals surface area contributed by atoms with Crippen molar-refractivity contribution in [3.05, 3.63) is 27.9 Å². The van der Waals surface area contributed by atoms with Crippen molar-refractivity contribution in [3.63, 3.8) is 0 Å². The van der Waals surface area contributed by atoms with Gasteiger partial charge in [0.2, 0.25) is 0 Å². The summed E-state index contributed by atoms with van der Waals surface area (Å²) in [6, 6.07) is 0. The number of piperazine rings is 1. The third-order valence-electron chi connectivity index (χ3n) is 3.26. The van der Waals surface area contributed by atoms with Crippen molar-refractivity contribution in [3.8, 4) is 0 Å². The number of aryl methyl sites for hydroxylation is 1. The van der Waals surface area contributed by atoms with Gasteiger partial charge in [-0.15, -0.1) is 0 Å². The van der Waals surface area contributed by atoms with Gasteiger partial charge in [0.25, 0.3) is 11.5 Å². The molecule has 1 amide bonds. The zero-order valence-electron chi connectivity index (χ0n) is 10.8. The molecule has 1 aliphatic heterocycles. The van der Waals surface area contributed by atoms with Gasteiger partial charge in [0.15, 0.2) is 0 Å². The molecule has 1 saturated heterocycles. The molecule has 0 aromatic carbocycles. The predicted octanol–water partition coefficient (Wildman–Crippen LogP) is -0.144. The molecule has 6 heteroatoms. The van der Waals surface area contributed by atoms with Gasteiger partial charge >= 0.3 is 0 Å². The van der Waals surface area contributed by atoms with Crippen LogP contribution < -0.4 is 5.56 Å². The third-order valence-corrected chi connectivity index (χ3v) is 3.26. The molecule has 0 radical (unpaired) electrons. The Morgan fingerprint density at radius 2 is 2.06 bits per heavy atom. The molecule has 0 unspecified atom stereocenters. The van der Waals surface area contributed by atoms with Crippen molar-refractivity contribution in [2.75, 3.05) is 32.7 Å². The number of rotatable bonds is 2. The van der Waals surface area contributed by atoms with E-state index in [1.165, 1.54) is 6.20 Å². The van der Waals surface area contributed by atoms with E-state index in [-0.39, 0.29) is 17.0 Å². The molecule has 0 aliphatic carbocycles. The van der Waals surface area contributed by atoms with Crippen LogP contribution in [0.1, 0.15) is 23.1 Å². The van der Waals surface area contributed by atoms with Crippen molar-refractivity contribution >= 4 is 5.91 Å². The summed E-state index contributed by atoms with van der Waals surface area (Å²) in [6.45, 7) is 7.84. The van der Waals surface area contributed by atoms with E-state index in [0.29, 0.717) is 18.9 Å². The SMILES string of the molecule is CCN1CCN(C(=O)c2cnc(C)[nH]c2=O)CC1. The molecule has 0 atom stereocenters. The van der Waals surface area contributed by atoms with Crippen molar-refractivity contribution in [2.24, 2.45) is 0 Å². The Hall–Kier alpha value is -1.69. The van der Waals surface area contributed by atoms with Crippen LogP contribution in [0.2, 0.25) is 0 Å². The first-order valence-corrected chi connectivity index (χ1v) is 6.19. The summed E-state index contributed by atoms with van der Waals surface area (Å²) < 4.78 is 0. The molecule has 1 N–H and O–H groups in total. The molecule has 1 fully saturated rings. The maximum Gasteiger partial charge on any atom is 0.263 e. The second-order valence-corrected chi connectivity index (χ2v) is 4.44. The van der Waals surface area contributed by atoms with Crippen LogP contribution in [0.25, 0.3) is 0 Å². The van der Waals surface area contributed by atoms with E-state index >= 15 is 0 Å². The lowest BCUT2D eigenvalue weighted by molar-refractivity contribution is 0.0641. The Labute approximate surface area is 106 Å².